The quantitative estimate of drug-likeness (QED) is 0.878. The van der Waals surface area contributed by atoms with Crippen LogP contribution in [0, 0.1) is 6.92 Å². The van der Waals surface area contributed by atoms with E-state index in [1.54, 1.807) is 0 Å². The van der Waals surface area contributed by atoms with E-state index in [2.05, 4.69) is 54.3 Å². The topological polar surface area (TPSA) is 32.7 Å². The normalized spacial score (nSPS) is 24.3. The SMILES string of the molecule is Cc1cccc2c1OCC(O)C2N1CCc2ccccc2C1. The molecule has 2 atom stereocenters. The van der Waals surface area contributed by atoms with E-state index in [0.717, 1.165) is 36.4 Å². The zero-order valence-corrected chi connectivity index (χ0v) is 12.8. The number of nitrogens with zero attached hydrogens (tertiary/aromatic N) is 1. The van der Waals surface area contributed by atoms with Crippen LogP contribution in [0.5, 0.6) is 5.75 Å². The molecule has 2 aromatic carbocycles. The second-order valence-electron chi connectivity index (χ2n) is 6.31. The summed E-state index contributed by atoms with van der Waals surface area (Å²) >= 11 is 0. The van der Waals surface area contributed by atoms with Crippen molar-refractivity contribution in [2.75, 3.05) is 13.2 Å². The van der Waals surface area contributed by atoms with Crippen molar-refractivity contribution in [3.05, 3.63) is 64.7 Å². The Hall–Kier alpha value is -1.84. The Kier molecular flexibility index (Phi) is 3.40. The van der Waals surface area contributed by atoms with Crippen molar-refractivity contribution in [3.8, 4) is 5.75 Å². The van der Waals surface area contributed by atoms with Gasteiger partial charge >= 0.3 is 0 Å². The minimum atomic E-state index is -0.473. The van der Waals surface area contributed by atoms with E-state index in [1.807, 2.05) is 0 Å². The first-order valence-corrected chi connectivity index (χ1v) is 7.95. The van der Waals surface area contributed by atoms with Crippen molar-refractivity contribution in [3.63, 3.8) is 0 Å². The minimum absolute atomic E-state index is 0.0250. The Morgan fingerprint density at radius 2 is 1.91 bits per heavy atom. The zero-order chi connectivity index (χ0) is 15.1. The highest BCUT2D eigenvalue weighted by atomic mass is 16.5. The third-order valence-corrected chi connectivity index (χ3v) is 4.88. The molecule has 0 saturated heterocycles. The maximum Gasteiger partial charge on any atom is 0.127 e. The van der Waals surface area contributed by atoms with Gasteiger partial charge in [0, 0.05) is 18.7 Å². The Morgan fingerprint density at radius 3 is 2.77 bits per heavy atom. The molecule has 2 aromatic rings. The van der Waals surface area contributed by atoms with Crippen LogP contribution in [0.25, 0.3) is 0 Å². The lowest BCUT2D eigenvalue weighted by atomic mass is 9.91. The van der Waals surface area contributed by atoms with Gasteiger partial charge in [-0.2, -0.15) is 0 Å². The maximum atomic E-state index is 10.5. The standard InChI is InChI=1S/C19H21NO2/c1-13-5-4-8-16-18(17(21)12-22-19(13)16)20-10-9-14-6-2-3-7-15(14)11-20/h2-8,17-18,21H,9-12H2,1H3. The summed E-state index contributed by atoms with van der Waals surface area (Å²) in [7, 11) is 0. The number of aliphatic hydroxyl groups excluding tert-OH is 1. The van der Waals surface area contributed by atoms with Crippen LogP contribution in [0.2, 0.25) is 0 Å². The van der Waals surface area contributed by atoms with E-state index in [4.69, 9.17) is 4.74 Å². The minimum Gasteiger partial charge on any atom is -0.490 e. The number of benzene rings is 2. The summed E-state index contributed by atoms with van der Waals surface area (Å²) in [6.45, 7) is 4.32. The van der Waals surface area contributed by atoms with Crippen LogP contribution in [-0.2, 0) is 13.0 Å². The average Bonchev–Trinajstić information content (AvgIpc) is 2.54. The highest BCUT2D eigenvalue weighted by Gasteiger charge is 2.36. The molecule has 2 heterocycles. The lowest BCUT2D eigenvalue weighted by Crippen LogP contribution is -2.44. The average molecular weight is 295 g/mol. The summed E-state index contributed by atoms with van der Waals surface area (Å²) in [5.74, 6) is 0.955. The molecule has 0 saturated carbocycles. The van der Waals surface area contributed by atoms with E-state index in [1.165, 1.54) is 11.1 Å². The number of hydrogen-bond donors (Lipinski definition) is 1. The molecule has 2 aliphatic heterocycles. The first-order chi connectivity index (χ1) is 10.7. The lowest BCUT2D eigenvalue weighted by Gasteiger charge is -2.41. The molecule has 0 aromatic heterocycles. The van der Waals surface area contributed by atoms with Gasteiger partial charge in [-0.3, -0.25) is 4.90 Å². The van der Waals surface area contributed by atoms with Gasteiger partial charge in [0.2, 0.25) is 0 Å². The molecule has 3 heteroatoms. The summed E-state index contributed by atoms with van der Waals surface area (Å²) < 4.78 is 5.78. The Labute approximate surface area is 131 Å². The fourth-order valence-corrected chi connectivity index (χ4v) is 3.77. The van der Waals surface area contributed by atoms with Gasteiger partial charge in [-0.15, -0.1) is 0 Å². The van der Waals surface area contributed by atoms with E-state index in [-0.39, 0.29) is 6.04 Å². The number of para-hydroxylation sites is 1. The molecule has 2 aliphatic rings. The summed E-state index contributed by atoms with van der Waals surface area (Å²) in [6, 6.07) is 14.9. The van der Waals surface area contributed by atoms with Gasteiger partial charge in [-0.05, 0) is 30.0 Å². The molecule has 0 amide bonds. The molecule has 0 aliphatic carbocycles. The van der Waals surface area contributed by atoms with E-state index in [0.29, 0.717) is 6.61 Å². The fraction of sp³-hybridized carbons (Fsp3) is 0.368. The molecule has 114 valence electrons. The third kappa shape index (κ3) is 2.21. The van der Waals surface area contributed by atoms with Crippen molar-refractivity contribution >= 4 is 0 Å². The molecule has 2 unspecified atom stereocenters. The summed E-state index contributed by atoms with van der Waals surface area (Å²) in [4.78, 5) is 2.40. The van der Waals surface area contributed by atoms with Crippen LogP contribution >= 0.6 is 0 Å². The third-order valence-electron chi connectivity index (χ3n) is 4.88. The van der Waals surface area contributed by atoms with Crippen LogP contribution in [0.3, 0.4) is 0 Å². The molecule has 0 spiro atoms. The molecule has 4 rings (SSSR count). The Balaban J connectivity index is 1.70. The molecule has 0 radical (unpaired) electrons. The second-order valence-corrected chi connectivity index (χ2v) is 6.31. The van der Waals surface area contributed by atoms with Gasteiger partial charge in [0.1, 0.15) is 18.5 Å². The number of hydrogen-bond acceptors (Lipinski definition) is 3. The maximum absolute atomic E-state index is 10.5. The first-order valence-electron chi connectivity index (χ1n) is 7.95. The molecule has 0 bridgehead atoms. The van der Waals surface area contributed by atoms with Gasteiger partial charge in [0.25, 0.3) is 0 Å². The van der Waals surface area contributed by atoms with Crippen molar-refractivity contribution in [1.29, 1.82) is 0 Å². The summed E-state index contributed by atoms with van der Waals surface area (Å²) in [5.41, 5.74) is 5.08. The van der Waals surface area contributed by atoms with Crippen molar-refractivity contribution in [1.82, 2.24) is 4.90 Å². The predicted molar refractivity (Wildman–Crippen MR) is 86.0 cm³/mol. The van der Waals surface area contributed by atoms with Gasteiger partial charge in [-0.1, -0.05) is 42.5 Å². The van der Waals surface area contributed by atoms with Crippen molar-refractivity contribution < 1.29 is 9.84 Å². The van der Waals surface area contributed by atoms with Gasteiger partial charge < -0.3 is 9.84 Å². The molecule has 1 N–H and O–H groups in total. The van der Waals surface area contributed by atoms with Crippen LogP contribution in [0.1, 0.15) is 28.3 Å². The van der Waals surface area contributed by atoms with Crippen LogP contribution in [0.4, 0.5) is 0 Å². The number of rotatable bonds is 1. The molecular weight excluding hydrogens is 274 g/mol. The van der Waals surface area contributed by atoms with Crippen molar-refractivity contribution in [2.24, 2.45) is 0 Å². The van der Waals surface area contributed by atoms with Crippen LogP contribution < -0.4 is 4.74 Å². The number of fused-ring (bicyclic) bond motifs is 2. The molecule has 3 nitrogen and oxygen atoms in total. The molecular formula is C19H21NO2. The molecule has 0 fully saturated rings. The Morgan fingerprint density at radius 1 is 1.09 bits per heavy atom. The van der Waals surface area contributed by atoms with Gasteiger partial charge in [-0.25, -0.2) is 0 Å². The Bertz CT molecular complexity index is 698. The lowest BCUT2D eigenvalue weighted by molar-refractivity contribution is -0.00576. The second kappa shape index (κ2) is 5.41. The summed E-state index contributed by atoms with van der Waals surface area (Å²) in [5, 5.41) is 10.5. The monoisotopic (exact) mass is 295 g/mol. The van der Waals surface area contributed by atoms with E-state index in [9.17, 15) is 5.11 Å². The zero-order valence-electron chi connectivity index (χ0n) is 12.8. The highest BCUT2D eigenvalue weighted by Crippen LogP contribution is 2.39. The van der Waals surface area contributed by atoms with Crippen LogP contribution in [-0.4, -0.2) is 29.3 Å². The van der Waals surface area contributed by atoms with Gasteiger partial charge in [0.15, 0.2) is 0 Å². The highest BCUT2D eigenvalue weighted by molar-refractivity contribution is 5.45. The fourth-order valence-electron chi connectivity index (χ4n) is 3.77. The van der Waals surface area contributed by atoms with E-state index >= 15 is 0 Å². The molecule has 22 heavy (non-hydrogen) atoms. The van der Waals surface area contributed by atoms with Crippen LogP contribution in [0.15, 0.2) is 42.5 Å². The predicted octanol–water partition coefficient (Wildman–Crippen LogP) is 2.85. The van der Waals surface area contributed by atoms with Crippen molar-refractivity contribution in [2.45, 2.75) is 32.0 Å². The van der Waals surface area contributed by atoms with E-state index < -0.39 is 6.10 Å². The first kappa shape index (κ1) is 13.8. The summed E-state index contributed by atoms with van der Waals surface area (Å²) in [6.07, 6.45) is 0.570. The number of ether oxygens (including phenoxy) is 1. The number of aryl methyl sites for hydroxylation is 1. The largest absolute Gasteiger partial charge is 0.490 e. The smallest absolute Gasteiger partial charge is 0.127 e. The number of aliphatic hydroxyl groups is 1. The van der Waals surface area contributed by atoms with Gasteiger partial charge in [0.05, 0.1) is 6.04 Å².